The number of hydrogen-bond acceptors (Lipinski definition) is 3. The van der Waals surface area contributed by atoms with Crippen LogP contribution in [0.15, 0.2) is 48.9 Å². The summed E-state index contributed by atoms with van der Waals surface area (Å²) in [5.74, 6) is 1.82. The first-order valence-electron chi connectivity index (χ1n) is 6.27. The van der Waals surface area contributed by atoms with Crippen LogP contribution < -0.4 is 4.74 Å². The number of benzene rings is 1. The van der Waals surface area contributed by atoms with Crippen LogP contribution >= 0.6 is 0 Å². The van der Waals surface area contributed by atoms with Gasteiger partial charge in [0.05, 0.1) is 18.3 Å². The van der Waals surface area contributed by atoms with Crippen LogP contribution in [0.3, 0.4) is 0 Å². The molecule has 19 heavy (non-hydrogen) atoms. The average Bonchev–Trinajstić information content (AvgIpc) is 2.84. The maximum absolute atomic E-state index is 5.73. The van der Waals surface area contributed by atoms with E-state index in [0.717, 1.165) is 28.9 Å². The van der Waals surface area contributed by atoms with Crippen LogP contribution in [0.5, 0.6) is 5.75 Å². The third-order valence-electron chi connectivity index (χ3n) is 3.08. The van der Waals surface area contributed by atoms with E-state index in [0.29, 0.717) is 6.61 Å². The number of para-hydroxylation sites is 1. The standard InChI is InChI=1S/C15H15N3O/c1-18-8-7-16-15(18)6-9-19-13-10-12-4-2-3-5-14(12)17-11-13/h2-5,7-8,10-11H,6,9H2,1H3. The predicted molar refractivity (Wildman–Crippen MR) is 74.2 cm³/mol. The Morgan fingerprint density at radius 3 is 2.95 bits per heavy atom. The van der Waals surface area contributed by atoms with E-state index in [1.54, 1.807) is 12.4 Å². The third-order valence-corrected chi connectivity index (χ3v) is 3.08. The number of ether oxygens (including phenoxy) is 1. The molecule has 2 aromatic heterocycles. The van der Waals surface area contributed by atoms with Crippen molar-refractivity contribution in [1.29, 1.82) is 0 Å². The summed E-state index contributed by atoms with van der Waals surface area (Å²) in [5, 5.41) is 1.09. The van der Waals surface area contributed by atoms with Crippen molar-refractivity contribution in [2.24, 2.45) is 7.05 Å². The molecule has 3 rings (SSSR count). The molecule has 0 saturated carbocycles. The molecule has 0 aliphatic carbocycles. The summed E-state index contributed by atoms with van der Waals surface area (Å²) in [6, 6.07) is 10.0. The lowest BCUT2D eigenvalue weighted by Crippen LogP contribution is -2.06. The summed E-state index contributed by atoms with van der Waals surface area (Å²) in [6.07, 6.45) is 6.29. The quantitative estimate of drug-likeness (QED) is 0.717. The van der Waals surface area contributed by atoms with Gasteiger partial charge in [0.2, 0.25) is 0 Å². The lowest BCUT2D eigenvalue weighted by atomic mass is 10.2. The van der Waals surface area contributed by atoms with Gasteiger partial charge in [-0.25, -0.2) is 4.98 Å². The van der Waals surface area contributed by atoms with Crippen LogP contribution in [-0.4, -0.2) is 21.1 Å². The molecule has 4 nitrogen and oxygen atoms in total. The maximum atomic E-state index is 5.73. The van der Waals surface area contributed by atoms with Crippen molar-refractivity contribution < 1.29 is 4.74 Å². The van der Waals surface area contributed by atoms with E-state index in [2.05, 4.69) is 9.97 Å². The first-order chi connectivity index (χ1) is 9.33. The van der Waals surface area contributed by atoms with Crippen molar-refractivity contribution in [3.8, 4) is 5.75 Å². The van der Waals surface area contributed by atoms with Crippen LogP contribution in [0.2, 0.25) is 0 Å². The predicted octanol–water partition coefficient (Wildman–Crippen LogP) is 2.59. The number of fused-ring (bicyclic) bond motifs is 1. The molecule has 0 aliphatic rings. The van der Waals surface area contributed by atoms with E-state index in [9.17, 15) is 0 Å². The Labute approximate surface area is 111 Å². The second-order valence-corrected chi connectivity index (χ2v) is 4.42. The molecule has 0 spiro atoms. The molecule has 96 valence electrons. The molecule has 0 saturated heterocycles. The van der Waals surface area contributed by atoms with E-state index >= 15 is 0 Å². The monoisotopic (exact) mass is 253 g/mol. The van der Waals surface area contributed by atoms with E-state index in [4.69, 9.17) is 4.74 Å². The zero-order valence-electron chi connectivity index (χ0n) is 10.8. The van der Waals surface area contributed by atoms with Gasteiger partial charge in [-0.2, -0.15) is 0 Å². The fourth-order valence-electron chi connectivity index (χ4n) is 2.03. The zero-order chi connectivity index (χ0) is 13.1. The molecule has 0 amide bonds. The highest BCUT2D eigenvalue weighted by molar-refractivity contribution is 5.79. The highest BCUT2D eigenvalue weighted by atomic mass is 16.5. The minimum absolute atomic E-state index is 0.602. The lowest BCUT2D eigenvalue weighted by Gasteiger charge is -2.06. The number of nitrogens with zero attached hydrogens (tertiary/aromatic N) is 3. The molecular weight excluding hydrogens is 238 g/mol. The van der Waals surface area contributed by atoms with Gasteiger partial charge in [-0.3, -0.25) is 4.98 Å². The minimum Gasteiger partial charge on any atom is -0.491 e. The molecule has 3 aromatic rings. The molecule has 0 bridgehead atoms. The molecule has 0 atom stereocenters. The van der Waals surface area contributed by atoms with Crippen LogP contribution in [0.4, 0.5) is 0 Å². The lowest BCUT2D eigenvalue weighted by molar-refractivity contribution is 0.317. The zero-order valence-corrected chi connectivity index (χ0v) is 10.8. The van der Waals surface area contributed by atoms with E-state index in [1.807, 2.05) is 48.1 Å². The number of aromatic nitrogens is 3. The number of rotatable bonds is 4. The van der Waals surface area contributed by atoms with Crippen molar-refractivity contribution >= 4 is 10.9 Å². The largest absolute Gasteiger partial charge is 0.491 e. The first kappa shape index (κ1) is 11.7. The smallest absolute Gasteiger partial charge is 0.138 e. The number of hydrogen-bond donors (Lipinski definition) is 0. The highest BCUT2D eigenvalue weighted by Gasteiger charge is 2.01. The molecule has 0 aliphatic heterocycles. The fraction of sp³-hybridized carbons (Fsp3) is 0.200. The maximum Gasteiger partial charge on any atom is 0.138 e. The molecule has 0 fully saturated rings. The Morgan fingerprint density at radius 2 is 2.11 bits per heavy atom. The van der Waals surface area contributed by atoms with Gasteiger partial charge in [0.1, 0.15) is 11.6 Å². The van der Waals surface area contributed by atoms with Gasteiger partial charge in [0.25, 0.3) is 0 Å². The Morgan fingerprint density at radius 1 is 1.21 bits per heavy atom. The van der Waals surface area contributed by atoms with Crippen LogP contribution in [0, 0.1) is 0 Å². The number of aryl methyl sites for hydroxylation is 1. The normalized spacial score (nSPS) is 10.8. The van der Waals surface area contributed by atoms with Gasteiger partial charge in [-0.1, -0.05) is 18.2 Å². The molecule has 0 radical (unpaired) electrons. The number of imidazole rings is 1. The Kier molecular flexibility index (Phi) is 3.14. The Balaban J connectivity index is 1.67. The third kappa shape index (κ3) is 2.57. The highest BCUT2D eigenvalue weighted by Crippen LogP contribution is 2.17. The van der Waals surface area contributed by atoms with Crippen molar-refractivity contribution in [1.82, 2.24) is 14.5 Å². The summed E-state index contributed by atoms with van der Waals surface area (Å²) in [4.78, 5) is 8.63. The topological polar surface area (TPSA) is 39.9 Å². The second-order valence-electron chi connectivity index (χ2n) is 4.42. The minimum atomic E-state index is 0.602. The number of pyridine rings is 1. The molecule has 2 heterocycles. The molecule has 0 unspecified atom stereocenters. The molecule has 4 heteroatoms. The van der Waals surface area contributed by atoms with Crippen molar-refractivity contribution in [3.63, 3.8) is 0 Å². The van der Waals surface area contributed by atoms with Gasteiger partial charge < -0.3 is 9.30 Å². The van der Waals surface area contributed by atoms with Gasteiger partial charge >= 0.3 is 0 Å². The summed E-state index contributed by atoms with van der Waals surface area (Å²) in [7, 11) is 1.99. The van der Waals surface area contributed by atoms with Gasteiger partial charge in [0.15, 0.2) is 0 Å². The Bertz CT molecular complexity index is 690. The molecular formula is C15H15N3O. The van der Waals surface area contributed by atoms with Crippen LogP contribution in [0.25, 0.3) is 10.9 Å². The van der Waals surface area contributed by atoms with E-state index in [-0.39, 0.29) is 0 Å². The molecule has 0 N–H and O–H groups in total. The summed E-state index contributed by atoms with van der Waals surface area (Å²) in [6.45, 7) is 0.602. The van der Waals surface area contributed by atoms with Crippen molar-refractivity contribution in [2.75, 3.05) is 6.61 Å². The summed E-state index contributed by atoms with van der Waals surface area (Å²) >= 11 is 0. The van der Waals surface area contributed by atoms with Gasteiger partial charge in [-0.05, 0) is 12.1 Å². The average molecular weight is 253 g/mol. The second kappa shape index (κ2) is 5.10. The first-order valence-corrected chi connectivity index (χ1v) is 6.27. The van der Waals surface area contributed by atoms with Crippen molar-refractivity contribution in [2.45, 2.75) is 6.42 Å². The summed E-state index contributed by atoms with van der Waals surface area (Å²) < 4.78 is 7.73. The van der Waals surface area contributed by atoms with E-state index in [1.165, 1.54) is 0 Å². The van der Waals surface area contributed by atoms with Gasteiger partial charge in [-0.15, -0.1) is 0 Å². The van der Waals surface area contributed by atoms with Crippen LogP contribution in [0.1, 0.15) is 5.82 Å². The Hall–Kier alpha value is -2.36. The van der Waals surface area contributed by atoms with Crippen molar-refractivity contribution in [3.05, 3.63) is 54.7 Å². The SMILES string of the molecule is Cn1ccnc1CCOc1cnc2ccccc2c1. The van der Waals surface area contributed by atoms with E-state index < -0.39 is 0 Å². The van der Waals surface area contributed by atoms with Crippen LogP contribution in [-0.2, 0) is 13.5 Å². The summed E-state index contributed by atoms with van der Waals surface area (Å²) in [5.41, 5.74) is 0.985. The molecule has 1 aromatic carbocycles. The van der Waals surface area contributed by atoms with Gasteiger partial charge in [0, 0.05) is 31.2 Å². The fourth-order valence-corrected chi connectivity index (χ4v) is 2.03.